The summed E-state index contributed by atoms with van der Waals surface area (Å²) in [5.41, 5.74) is 0. The van der Waals surface area contributed by atoms with Crippen LogP contribution in [0.1, 0.15) is 13.8 Å². The fourth-order valence-electron chi connectivity index (χ4n) is 1.35. The quantitative estimate of drug-likeness (QED) is 0.592. The molecule has 1 saturated heterocycles. The smallest absolute Gasteiger partial charge is 0.145 e. The minimum atomic E-state index is 0.000664. The van der Waals surface area contributed by atoms with Crippen LogP contribution < -0.4 is 0 Å². The van der Waals surface area contributed by atoms with Crippen molar-refractivity contribution in [3.05, 3.63) is 23.3 Å². The fourth-order valence-corrected chi connectivity index (χ4v) is 1.44. The largest absolute Gasteiger partial charge is 0.488 e. The van der Waals surface area contributed by atoms with Crippen LogP contribution in [0, 0.1) is 0 Å². The Balaban J connectivity index is 2.26. The summed E-state index contributed by atoms with van der Waals surface area (Å²) in [5.74, 6) is 0.889. The molecule has 1 aliphatic rings. The molecule has 3 nitrogen and oxygen atoms in total. The molecule has 1 heterocycles. The zero-order valence-corrected chi connectivity index (χ0v) is 10.1. The van der Waals surface area contributed by atoms with Crippen molar-refractivity contribution in [3.63, 3.8) is 0 Å². The third-order valence-corrected chi connectivity index (χ3v) is 2.35. The molecule has 0 saturated carbocycles. The van der Waals surface area contributed by atoms with Gasteiger partial charge in [-0.1, -0.05) is 6.08 Å². The third kappa shape index (κ3) is 4.28. The van der Waals surface area contributed by atoms with Crippen molar-refractivity contribution >= 4 is 12.6 Å². The van der Waals surface area contributed by atoms with Gasteiger partial charge in [-0.05, 0) is 25.3 Å². The molecular weight excluding hydrogens is 212 g/mol. The van der Waals surface area contributed by atoms with Crippen molar-refractivity contribution in [1.29, 1.82) is 0 Å². The first kappa shape index (κ1) is 12.6. The summed E-state index contributed by atoms with van der Waals surface area (Å²) in [5, 5.41) is 1.66. The standard InChI is InChI=1S/C11H18O3S/c1-3-11-9(2)13-8-10(14-11)7-12-5-4-6-15/h3-4,6,9-10,15H,5,7-8H2,1-2H3/b6-4+,11-3-/t9?,10-/m1/s1. The summed E-state index contributed by atoms with van der Waals surface area (Å²) < 4.78 is 16.6. The van der Waals surface area contributed by atoms with Gasteiger partial charge in [-0.3, -0.25) is 0 Å². The van der Waals surface area contributed by atoms with E-state index in [1.54, 1.807) is 5.41 Å². The van der Waals surface area contributed by atoms with E-state index in [1.165, 1.54) is 0 Å². The van der Waals surface area contributed by atoms with Crippen molar-refractivity contribution in [3.8, 4) is 0 Å². The lowest BCUT2D eigenvalue weighted by atomic mass is 10.2. The van der Waals surface area contributed by atoms with E-state index in [-0.39, 0.29) is 12.2 Å². The summed E-state index contributed by atoms with van der Waals surface area (Å²) in [6, 6.07) is 0. The Hall–Kier alpha value is -0.450. The van der Waals surface area contributed by atoms with E-state index in [4.69, 9.17) is 14.2 Å². The Labute approximate surface area is 96.5 Å². The molecule has 0 aromatic rings. The Bertz CT molecular complexity index is 238. The second-order valence-electron chi connectivity index (χ2n) is 3.33. The maximum atomic E-state index is 5.70. The van der Waals surface area contributed by atoms with Crippen molar-refractivity contribution in [2.75, 3.05) is 19.8 Å². The first-order chi connectivity index (χ1) is 7.27. The maximum Gasteiger partial charge on any atom is 0.145 e. The Morgan fingerprint density at radius 1 is 1.60 bits per heavy atom. The molecule has 1 rings (SSSR count). The van der Waals surface area contributed by atoms with E-state index in [2.05, 4.69) is 12.6 Å². The summed E-state index contributed by atoms with van der Waals surface area (Å²) in [4.78, 5) is 0. The molecule has 0 N–H and O–H groups in total. The highest BCUT2D eigenvalue weighted by atomic mass is 32.1. The SMILES string of the molecule is C/C=C1\O[C@H](COC/C=C/S)COC1C. The van der Waals surface area contributed by atoms with Gasteiger partial charge in [0.1, 0.15) is 18.0 Å². The number of hydrogen-bond donors (Lipinski definition) is 1. The zero-order chi connectivity index (χ0) is 11.1. The summed E-state index contributed by atoms with van der Waals surface area (Å²) in [6.45, 7) is 5.62. The van der Waals surface area contributed by atoms with Crippen molar-refractivity contribution in [2.24, 2.45) is 0 Å². The highest BCUT2D eigenvalue weighted by Gasteiger charge is 2.23. The van der Waals surface area contributed by atoms with E-state index in [1.807, 2.05) is 26.0 Å². The van der Waals surface area contributed by atoms with E-state index in [0.29, 0.717) is 19.8 Å². The van der Waals surface area contributed by atoms with Gasteiger partial charge in [0, 0.05) is 0 Å². The Morgan fingerprint density at radius 2 is 2.40 bits per heavy atom. The molecule has 2 atom stereocenters. The van der Waals surface area contributed by atoms with E-state index < -0.39 is 0 Å². The molecule has 0 aromatic heterocycles. The summed E-state index contributed by atoms with van der Waals surface area (Å²) >= 11 is 3.94. The Kier molecular flexibility index (Phi) is 5.83. The first-order valence-electron chi connectivity index (χ1n) is 5.09. The van der Waals surface area contributed by atoms with Gasteiger partial charge in [-0.2, -0.15) is 12.6 Å². The molecule has 0 spiro atoms. The van der Waals surface area contributed by atoms with E-state index in [0.717, 1.165) is 5.76 Å². The number of allylic oxidation sites excluding steroid dienone is 1. The van der Waals surface area contributed by atoms with Gasteiger partial charge in [-0.15, -0.1) is 0 Å². The molecule has 0 aliphatic carbocycles. The number of hydrogen-bond acceptors (Lipinski definition) is 4. The molecule has 1 unspecified atom stereocenters. The van der Waals surface area contributed by atoms with Crippen LogP contribution in [0.25, 0.3) is 0 Å². The maximum absolute atomic E-state index is 5.70. The predicted octanol–water partition coefficient (Wildman–Crippen LogP) is 2.15. The molecule has 0 radical (unpaired) electrons. The van der Waals surface area contributed by atoms with E-state index >= 15 is 0 Å². The van der Waals surface area contributed by atoms with Crippen LogP contribution in [0.15, 0.2) is 23.3 Å². The highest BCUT2D eigenvalue weighted by Crippen LogP contribution is 2.18. The van der Waals surface area contributed by atoms with Gasteiger partial charge in [0.2, 0.25) is 0 Å². The monoisotopic (exact) mass is 230 g/mol. The number of rotatable bonds is 4. The van der Waals surface area contributed by atoms with Gasteiger partial charge in [0.25, 0.3) is 0 Å². The predicted molar refractivity (Wildman–Crippen MR) is 63.0 cm³/mol. The summed E-state index contributed by atoms with van der Waals surface area (Å²) in [6.07, 6.45) is 3.83. The molecule has 0 aromatic carbocycles. The minimum absolute atomic E-state index is 0.000664. The van der Waals surface area contributed by atoms with Crippen molar-refractivity contribution < 1.29 is 14.2 Å². The molecule has 1 aliphatic heterocycles. The van der Waals surface area contributed by atoms with Crippen LogP contribution in [-0.2, 0) is 14.2 Å². The van der Waals surface area contributed by atoms with Gasteiger partial charge in [0.05, 0.1) is 19.8 Å². The average Bonchev–Trinajstić information content (AvgIpc) is 2.26. The van der Waals surface area contributed by atoms with Crippen LogP contribution in [0.4, 0.5) is 0 Å². The fraction of sp³-hybridized carbons (Fsp3) is 0.636. The molecule has 1 fully saturated rings. The summed E-state index contributed by atoms with van der Waals surface area (Å²) in [7, 11) is 0. The number of ether oxygens (including phenoxy) is 3. The number of thiol groups is 1. The zero-order valence-electron chi connectivity index (χ0n) is 9.18. The van der Waals surface area contributed by atoms with Crippen LogP contribution in [0.2, 0.25) is 0 Å². The lowest BCUT2D eigenvalue weighted by Gasteiger charge is -2.30. The second-order valence-corrected chi connectivity index (χ2v) is 3.63. The average molecular weight is 230 g/mol. The van der Waals surface area contributed by atoms with Gasteiger partial charge >= 0.3 is 0 Å². The van der Waals surface area contributed by atoms with Crippen LogP contribution in [0.3, 0.4) is 0 Å². The molecule has 86 valence electrons. The van der Waals surface area contributed by atoms with Crippen LogP contribution in [0.5, 0.6) is 0 Å². The van der Waals surface area contributed by atoms with Crippen LogP contribution >= 0.6 is 12.6 Å². The first-order valence-corrected chi connectivity index (χ1v) is 5.61. The normalized spacial score (nSPS) is 29.7. The van der Waals surface area contributed by atoms with Gasteiger partial charge in [-0.25, -0.2) is 0 Å². The van der Waals surface area contributed by atoms with Crippen molar-refractivity contribution in [1.82, 2.24) is 0 Å². The second kappa shape index (κ2) is 6.93. The van der Waals surface area contributed by atoms with Gasteiger partial charge < -0.3 is 14.2 Å². The lowest BCUT2D eigenvalue weighted by Crippen LogP contribution is -2.35. The molecule has 4 heteroatoms. The van der Waals surface area contributed by atoms with Gasteiger partial charge in [0.15, 0.2) is 0 Å². The topological polar surface area (TPSA) is 27.7 Å². The van der Waals surface area contributed by atoms with Crippen molar-refractivity contribution in [2.45, 2.75) is 26.1 Å². The van der Waals surface area contributed by atoms with Crippen LogP contribution in [-0.4, -0.2) is 32.0 Å². The minimum Gasteiger partial charge on any atom is -0.488 e. The molecule has 0 bridgehead atoms. The highest BCUT2D eigenvalue weighted by molar-refractivity contribution is 7.83. The molecule has 15 heavy (non-hydrogen) atoms. The van der Waals surface area contributed by atoms with E-state index in [9.17, 15) is 0 Å². The lowest BCUT2D eigenvalue weighted by molar-refractivity contribution is -0.105. The molecule has 0 amide bonds. The third-order valence-electron chi connectivity index (χ3n) is 2.14. The molecular formula is C11H18O3S. The Morgan fingerprint density at radius 3 is 3.07 bits per heavy atom.